The Hall–Kier alpha value is -1.19. The van der Waals surface area contributed by atoms with Gasteiger partial charge < -0.3 is 9.90 Å². The van der Waals surface area contributed by atoms with Gasteiger partial charge in [0.1, 0.15) is 6.29 Å². The Balaban J connectivity index is 3.12. The van der Waals surface area contributed by atoms with Gasteiger partial charge in [-0.25, -0.2) is 4.79 Å². The number of carboxylic acids is 1. The van der Waals surface area contributed by atoms with Gasteiger partial charge in [-0.1, -0.05) is 32.1 Å². The van der Waals surface area contributed by atoms with E-state index in [2.05, 4.69) is 0 Å². The fourth-order valence-electron chi connectivity index (χ4n) is 1.50. The summed E-state index contributed by atoms with van der Waals surface area (Å²) in [5, 5.41) is 8.33. The van der Waals surface area contributed by atoms with Crippen LogP contribution in [0.1, 0.15) is 57.8 Å². The first-order valence-corrected chi connectivity index (χ1v) is 5.88. The average molecular weight is 228 g/mol. The van der Waals surface area contributed by atoms with Crippen LogP contribution in [-0.2, 0) is 14.4 Å². The van der Waals surface area contributed by atoms with Gasteiger partial charge in [0.25, 0.3) is 0 Å². The SMILES string of the molecule is O=CCCCCCCCCCC(=O)C(=O)O. The molecule has 0 fully saturated rings. The van der Waals surface area contributed by atoms with E-state index < -0.39 is 11.8 Å². The molecule has 0 saturated heterocycles. The molecule has 92 valence electrons. The van der Waals surface area contributed by atoms with Crippen molar-refractivity contribution in [2.45, 2.75) is 57.8 Å². The molecule has 1 N–H and O–H groups in total. The van der Waals surface area contributed by atoms with E-state index in [4.69, 9.17) is 5.11 Å². The van der Waals surface area contributed by atoms with Crippen molar-refractivity contribution in [1.29, 1.82) is 0 Å². The number of carbonyl (C=O) groups is 3. The molecule has 16 heavy (non-hydrogen) atoms. The monoisotopic (exact) mass is 228 g/mol. The molecule has 0 aliphatic heterocycles. The first-order valence-electron chi connectivity index (χ1n) is 5.88. The minimum Gasteiger partial charge on any atom is -0.476 e. The van der Waals surface area contributed by atoms with Gasteiger partial charge in [0.15, 0.2) is 0 Å². The highest BCUT2D eigenvalue weighted by Gasteiger charge is 2.09. The smallest absolute Gasteiger partial charge is 0.372 e. The lowest BCUT2D eigenvalue weighted by Gasteiger charge is -1.99. The minimum absolute atomic E-state index is 0.153. The highest BCUT2D eigenvalue weighted by molar-refractivity contribution is 6.32. The maximum Gasteiger partial charge on any atom is 0.372 e. The van der Waals surface area contributed by atoms with E-state index in [0.717, 1.165) is 44.8 Å². The molecule has 0 aromatic carbocycles. The van der Waals surface area contributed by atoms with Crippen LogP contribution >= 0.6 is 0 Å². The van der Waals surface area contributed by atoms with Gasteiger partial charge in [0.2, 0.25) is 5.78 Å². The Labute approximate surface area is 96.0 Å². The van der Waals surface area contributed by atoms with E-state index in [1.54, 1.807) is 0 Å². The zero-order chi connectivity index (χ0) is 12.2. The van der Waals surface area contributed by atoms with Gasteiger partial charge in [0, 0.05) is 12.8 Å². The van der Waals surface area contributed by atoms with E-state index >= 15 is 0 Å². The summed E-state index contributed by atoms with van der Waals surface area (Å²) < 4.78 is 0. The van der Waals surface area contributed by atoms with Gasteiger partial charge in [-0.15, -0.1) is 0 Å². The Kier molecular flexibility index (Phi) is 9.56. The number of aldehydes is 1. The van der Waals surface area contributed by atoms with Gasteiger partial charge >= 0.3 is 5.97 Å². The lowest BCUT2D eigenvalue weighted by atomic mass is 10.1. The molecule has 0 aromatic rings. The molecule has 0 bridgehead atoms. The fraction of sp³-hybridized carbons (Fsp3) is 0.750. The van der Waals surface area contributed by atoms with E-state index in [-0.39, 0.29) is 6.42 Å². The van der Waals surface area contributed by atoms with Crippen LogP contribution in [0.3, 0.4) is 0 Å². The summed E-state index contributed by atoms with van der Waals surface area (Å²) in [6.07, 6.45) is 8.60. The summed E-state index contributed by atoms with van der Waals surface area (Å²) in [6, 6.07) is 0. The first-order chi connectivity index (χ1) is 7.68. The van der Waals surface area contributed by atoms with E-state index in [1.807, 2.05) is 0 Å². The summed E-state index contributed by atoms with van der Waals surface area (Å²) >= 11 is 0. The zero-order valence-electron chi connectivity index (χ0n) is 9.61. The molecular formula is C12H20O4. The number of Topliss-reactive ketones (excluding diaryl/α,β-unsaturated/α-hetero) is 1. The summed E-state index contributed by atoms with van der Waals surface area (Å²) in [7, 11) is 0. The molecule has 4 heteroatoms. The third-order valence-electron chi connectivity index (χ3n) is 2.46. The number of hydrogen-bond donors (Lipinski definition) is 1. The number of hydrogen-bond acceptors (Lipinski definition) is 3. The predicted octanol–water partition coefficient (Wildman–Crippen LogP) is 2.35. The standard InChI is InChI=1S/C12H20O4/c13-10-8-6-4-2-1-3-5-7-9-11(14)12(15)16/h10H,1-9H2,(H,15,16). The zero-order valence-corrected chi connectivity index (χ0v) is 9.61. The Morgan fingerprint density at radius 2 is 1.38 bits per heavy atom. The number of carbonyl (C=O) groups excluding carboxylic acids is 2. The highest BCUT2D eigenvalue weighted by atomic mass is 16.4. The molecule has 0 radical (unpaired) electrons. The lowest BCUT2D eigenvalue weighted by Crippen LogP contribution is -2.11. The van der Waals surface area contributed by atoms with Crippen molar-refractivity contribution >= 4 is 18.0 Å². The van der Waals surface area contributed by atoms with Crippen molar-refractivity contribution in [3.8, 4) is 0 Å². The van der Waals surface area contributed by atoms with Gasteiger partial charge in [-0.3, -0.25) is 4.79 Å². The normalized spacial score (nSPS) is 10.0. The molecule has 0 aromatic heterocycles. The number of aliphatic carboxylic acids is 1. The van der Waals surface area contributed by atoms with Crippen LogP contribution in [0.25, 0.3) is 0 Å². The Morgan fingerprint density at radius 3 is 1.88 bits per heavy atom. The van der Waals surface area contributed by atoms with Crippen LogP contribution in [0.15, 0.2) is 0 Å². The third-order valence-corrected chi connectivity index (χ3v) is 2.46. The molecule has 0 unspecified atom stereocenters. The van der Waals surface area contributed by atoms with Gasteiger partial charge in [-0.05, 0) is 12.8 Å². The minimum atomic E-state index is -1.33. The molecule has 0 aliphatic carbocycles. The second kappa shape index (κ2) is 10.3. The Bertz CT molecular complexity index is 223. The number of unbranched alkanes of at least 4 members (excludes halogenated alkanes) is 7. The largest absolute Gasteiger partial charge is 0.476 e. The van der Waals surface area contributed by atoms with Crippen molar-refractivity contribution in [2.75, 3.05) is 0 Å². The van der Waals surface area contributed by atoms with Crippen molar-refractivity contribution in [3.63, 3.8) is 0 Å². The fourth-order valence-corrected chi connectivity index (χ4v) is 1.50. The molecule has 4 nitrogen and oxygen atoms in total. The molecule has 0 atom stereocenters. The topological polar surface area (TPSA) is 71.4 Å². The molecule has 0 spiro atoms. The molecule has 0 saturated carbocycles. The number of carboxylic acid groups (broad SMARTS) is 1. The molecule has 0 amide bonds. The maximum atomic E-state index is 10.7. The van der Waals surface area contributed by atoms with Crippen LogP contribution in [-0.4, -0.2) is 23.1 Å². The summed E-state index contributed by atoms with van der Waals surface area (Å²) in [5.41, 5.74) is 0. The molecule has 0 rings (SSSR count). The number of ketones is 1. The maximum absolute atomic E-state index is 10.7. The summed E-state index contributed by atoms with van der Waals surface area (Å²) in [5.74, 6) is -2.01. The van der Waals surface area contributed by atoms with Crippen molar-refractivity contribution in [3.05, 3.63) is 0 Å². The van der Waals surface area contributed by atoms with Crippen LogP contribution in [0.5, 0.6) is 0 Å². The van der Waals surface area contributed by atoms with E-state index in [9.17, 15) is 14.4 Å². The van der Waals surface area contributed by atoms with Crippen LogP contribution < -0.4 is 0 Å². The highest BCUT2D eigenvalue weighted by Crippen LogP contribution is 2.09. The van der Waals surface area contributed by atoms with Crippen molar-refractivity contribution in [1.82, 2.24) is 0 Å². The average Bonchev–Trinajstić information content (AvgIpc) is 2.26. The number of rotatable bonds is 11. The van der Waals surface area contributed by atoms with Gasteiger partial charge in [-0.2, -0.15) is 0 Å². The second-order valence-electron chi connectivity index (χ2n) is 3.91. The Morgan fingerprint density at radius 1 is 0.875 bits per heavy atom. The van der Waals surface area contributed by atoms with E-state index in [0.29, 0.717) is 12.8 Å². The van der Waals surface area contributed by atoms with Gasteiger partial charge in [0.05, 0.1) is 0 Å². The van der Waals surface area contributed by atoms with Crippen LogP contribution in [0.4, 0.5) is 0 Å². The van der Waals surface area contributed by atoms with Crippen LogP contribution in [0, 0.1) is 0 Å². The molecule has 0 aliphatic rings. The summed E-state index contributed by atoms with van der Waals surface area (Å²) in [6.45, 7) is 0. The quantitative estimate of drug-likeness (QED) is 0.335. The predicted molar refractivity (Wildman–Crippen MR) is 60.3 cm³/mol. The van der Waals surface area contributed by atoms with E-state index in [1.165, 1.54) is 0 Å². The van der Waals surface area contributed by atoms with Crippen LogP contribution in [0.2, 0.25) is 0 Å². The second-order valence-corrected chi connectivity index (χ2v) is 3.91. The summed E-state index contributed by atoms with van der Waals surface area (Å²) in [4.78, 5) is 30.9. The third kappa shape index (κ3) is 9.37. The molecule has 0 heterocycles. The van der Waals surface area contributed by atoms with Crippen molar-refractivity contribution in [2.24, 2.45) is 0 Å². The van der Waals surface area contributed by atoms with Crippen molar-refractivity contribution < 1.29 is 19.5 Å². The first kappa shape index (κ1) is 14.8. The molecular weight excluding hydrogens is 208 g/mol. The lowest BCUT2D eigenvalue weighted by molar-refractivity contribution is -0.149.